The first-order chi connectivity index (χ1) is 16.6. The summed E-state index contributed by atoms with van der Waals surface area (Å²) in [4.78, 5) is 13.1. The van der Waals surface area contributed by atoms with Crippen LogP contribution in [-0.4, -0.2) is 54.5 Å². The summed E-state index contributed by atoms with van der Waals surface area (Å²) in [7, 11) is 0. The molecule has 3 rings (SSSR count). The second-order valence-corrected chi connectivity index (χ2v) is 7.21. The molecule has 1 heterocycles. The topological polar surface area (TPSA) is 119 Å². The first-order valence-corrected chi connectivity index (χ1v) is 10.9. The van der Waals surface area contributed by atoms with Crippen LogP contribution in [0.3, 0.4) is 0 Å². The van der Waals surface area contributed by atoms with Gasteiger partial charge in [-0.2, -0.15) is 15.0 Å². The number of rotatable bonds is 15. The van der Waals surface area contributed by atoms with Crippen molar-refractivity contribution in [3.05, 3.63) is 71.3 Å². The van der Waals surface area contributed by atoms with E-state index in [9.17, 15) is 8.78 Å². The Kier molecular flexibility index (Phi) is 10.4. The lowest BCUT2D eigenvalue weighted by molar-refractivity contribution is 0.0547. The second kappa shape index (κ2) is 14.0. The lowest BCUT2D eigenvalue weighted by Crippen LogP contribution is -2.17. The molecule has 3 aromatic rings. The second-order valence-electron chi connectivity index (χ2n) is 7.21. The summed E-state index contributed by atoms with van der Waals surface area (Å²) in [5.41, 5.74) is 6.99. The van der Waals surface area contributed by atoms with Crippen LogP contribution in [-0.2, 0) is 22.6 Å². The summed E-state index contributed by atoms with van der Waals surface area (Å²) < 4.78 is 37.4. The third-order valence-electron chi connectivity index (χ3n) is 4.50. The van der Waals surface area contributed by atoms with Crippen molar-refractivity contribution < 1.29 is 18.3 Å². The SMILES string of the molecule is NCCOCCOCCNc1nc(NCc2ccc(F)cc2)nc(NCc2cccc(F)c2)n1. The fourth-order valence-electron chi connectivity index (χ4n) is 2.86. The van der Waals surface area contributed by atoms with Crippen molar-refractivity contribution in [2.24, 2.45) is 5.73 Å². The number of hydrogen-bond acceptors (Lipinski definition) is 9. The van der Waals surface area contributed by atoms with E-state index in [1.807, 2.05) is 0 Å². The first-order valence-electron chi connectivity index (χ1n) is 10.9. The van der Waals surface area contributed by atoms with E-state index in [0.717, 1.165) is 11.1 Å². The molecular weight excluding hydrogens is 444 g/mol. The molecule has 0 bridgehead atoms. The van der Waals surface area contributed by atoms with Crippen LogP contribution in [0.25, 0.3) is 0 Å². The van der Waals surface area contributed by atoms with Crippen molar-refractivity contribution in [2.75, 3.05) is 55.5 Å². The van der Waals surface area contributed by atoms with Crippen LogP contribution in [0.2, 0.25) is 0 Å². The average Bonchev–Trinajstić information content (AvgIpc) is 2.84. The number of nitrogens with zero attached hydrogens (tertiary/aromatic N) is 3. The Morgan fingerprint density at radius 2 is 1.29 bits per heavy atom. The maximum absolute atomic E-state index is 13.5. The fourth-order valence-corrected chi connectivity index (χ4v) is 2.86. The van der Waals surface area contributed by atoms with E-state index in [-0.39, 0.29) is 11.6 Å². The van der Waals surface area contributed by atoms with Gasteiger partial charge in [-0.05, 0) is 35.4 Å². The van der Waals surface area contributed by atoms with Gasteiger partial charge in [0, 0.05) is 26.2 Å². The van der Waals surface area contributed by atoms with Gasteiger partial charge in [-0.1, -0.05) is 24.3 Å². The molecule has 182 valence electrons. The quantitative estimate of drug-likeness (QED) is 0.247. The Bertz CT molecular complexity index is 1010. The van der Waals surface area contributed by atoms with Gasteiger partial charge in [-0.25, -0.2) is 8.78 Å². The summed E-state index contributed by atoms with van der Waals surface area (Å²) in [6, 6.07) is 12.4. The minimum absolute atomic E-state index is 0.299. The summed E-state index contributed by atoms with van der Waals surface area (Å²) in [5, 5.41) is 9.31. The average molecular weight is 474 g/mol. The molecule has 0 unspecified atom stereocenters. The van der Waals surface area contributed by atoms with Crippen molar-refractivity contribution >= 4 is 17.8 Å². The van der Waals surface area contributed by atoms with E-state index in [4.69, 9.17) is 15.2 Å². The van der Waals surface area contributed by atoms with Crippen molar-refractivity contribution in [3.63, 3.8) is 0 Å². The summed E-state index contributed by atoms with van der Waals surface area (Å²) in [6.07, 6.45) is 0. The molecule has 0 saturated heterocycles. The van der Waals surface area contributed by atoms with Gasteiger partial charge in [-0.3, -0.25) is 0 Å². The highest BCUT2D eigenvalue weighted by molar-refractivity contribution is 5.43. The van der Waals surface area contributed by atoms with E-state index in [1.165, 1.54) is 24.3 Å². The first kappa shape index (κ1) is 25.2. The third kappa shape index (κ3) is 9.22. The van der Waals surface area contributed by atoms with Crippen molar-refractivity contribution in [1.82, 2.24) is 15.0 Å². The Labute approximate surface area is 197 Å². The number of anilines is 3. The molecule has 2 aromatic carbocycles. The molecule has 0 fully saturated rings. The Hall–Kier alpha value is -3.41. The molecule has 0 atom stereocenters. The zero-order valence-electron chi connectivity index (χ0n) is 18.8. The van der Waals surface area contributed by atoms with Gasteiger partial charge in [0.2, 0.25) is 17.8 Å². The minimum atomic E-state index is -0.313. The van der Waals surface area contributed by atoms with Gasteiger partial charge >= 0.3 is 0 Å². The molecule has 0 amide bonds. The van der Waals surface area contributed by atoms with Crippen molar-refractivity contribution in [3.8, 4) is 0 Å². The molecule has 9 nitrogen and oxygen atoms in total. The van der Waals surface area contributed by atoms with Crippen LogP contribution in [0.1, 0.15) is 11.1 Å². The van der Waals surface area contributed by atoms with Crippen molar-refractivity contribution in [2.45, 2.75) is 13.1 Å². The lowest BCUT2D eigenvalue weighted by atomic mass is 10.2. The summed E-state index contributed by atoms with van der Waals surface area (Å²) in [6.45, 7) is 3.57. The van der Waals surface area contributed by atoms with Gasteiger partial charge in [0.05, 0.1) is 26.4 Å². The lowest BCUT2D eigenvalue weighted by Gasteiger charge is -2.12. The number of nitrogens with one attached hydrogen (secondary N) is 3. The van der Waals surface area contributed by atoms with Gasteiger partial charge in [0.1, 0.15) is 11.6 Å². The number of nitrogens with two attached hydrogens (primary N) is 1. The highest BCUT2D eigenvalue weighted by atomic mass is 19.1. The molecule has 0 aliphatic heterocycles. The van der Waals surface area contributed by atoms with Crippen LogP contribution in [0.5, 0.6) is 0 Å². The normalized spacial score (nSPS) is 10.8. The maximum atomic E-state index is 13.5. The van der Waals surface area contributed by atoms with Crippen LogP contribution in [0.15, 0.2) is 48.5 Å². The molecule has 1 aromatic heterocycles. The number of ether oxygens (including phenoxy) is 2. The summed E-state index contributed by atoms with van der Waals surface area (Å²) >= 11 is 0. The molecule has 0 aliphatic rings. The largest absolute Gasteiger partial charge is 0.378 e. The molecule has 34 heavy (non-hydrogen) atoms. The monoisotopic (exact) mass is 473 g/mol. The highest BCUT2D eigenvalue weighted by Crippen LogP contribution is 2.13. The third-order valence-corrected chi connectivity index (χ3v) is 4.50. The molecule has 11 heteroatoms. The maximum Gasteiger partial charge on any atom is 0.229 e. The van der Waals surface area contributed by atoms with Gasteiger partial charge in [0.15, 0.2) is 0 Å². The van der Waals surface area contributed by atoms with Crippen molar-refractivity contribution in [1.29, 1.82) is 0 Å². The highest BCUT2D eigenvalue weighted by Gasteiger charge is 2.07. The number of aromatic nitrogens is 3. The standard InChI is InChI=1S/C23H29F2N7O2/c24-19-6-4-17(5-7-19)15-28-22-30-21(27-9-11-34-13-12-33-10-8-26)31-23(32-22)29-16-18-2-1-3-20(25)14-18/h1-7,14H,8-13,15-16,26H2,(H3,27,28,29,30,31,32). The molecule has 0 radical (unpaired) electrons. The number of hydrogen-bond donors (Lipinski definition) is 4. The summed E-state index contributed by atoms with van der Waals surface area (Å²) in [5.74, 6) is 0.389. The van der Waals surface area contributed by atoms with Gasteiger partial charge < -0.3 is 31.2 Å². The Morgan fingerprint density at radius 3 is 1.94 bits per heavy atom. The zero-order valence-corrected chi connectivity index (χ0v) is 18.8. The zero-order chi connectivity index (χ0) is 24.0. The number of benzene rings is 2. The minimum Gasteiger partial charge on any atom is -0.378 e. The van der Waals surface area contributed by atoms with E-state index in [1.54, 1.807) is 24.3 Å². The van der Waals surface area contributed by atoms with E-state index in [2.05, 4.69) is 30.9 Å². The van der Waals surface area contributed by atoms with Crippen LogP contribution in [0, 0.1) is 11.6 Å². The molecule has 0 spiro atoms. The van der Waals surface area contributed by atoms with Crippen LogP contribution < -0.4 is 21.7 Å². The van der Waals surface area contributed by atoms with E-state index in [0.29, 0.717) is 70.5 Å². The fraction of sp³-hybridized carbons (Fsp3) is 0.348. The Morgan fingerprint density at radius 1 is 0.676 bits per heavy atom. The smallest absolute Gasteiger partial charge is 0.229 e. The predicted octanol–water partition coefficient (Wildman–Crippen LogP) is 2.78. The van der Waals surface area contributed by atoms with Crippen LogP contribution >= 0.6 is 0 Å². The molecule has 0 aliphatic carbocycles. The molecule has 0 saturated carbocycles. The molecule has 5 N–H and O–H groups in total. The van der Waals surface area contributed by atoms with Crippen LogP contribution in [0.4, 0.5) is 26.6 Å². The Balaban J connectivity index is 1.58. The van der Waals surface area contributed by atoms with E-state index < -0.39 is 0 Å². The molecular formula is C23H29F2N7O2. The predicted molar refractivity (Wildman–Crippen MR) is 126 cm³/mol. The van der Waals surface area contributed by atoms with Gasteiger partial charge in [-0.15, -0.1) is 0 Å². The van der Waals surface area contributed by atoms with E-state index >= 15 is 0 Å². The van der Waals surface area contributed by atoms with Gasteiger partial charge in [0.25, 0.3) is 0 Å². The number of halogens is 2.